The zero-order valence-corrected chi connectivity index (χ0v) is 14.5. The summed E-state index contributed by atoms with van der Waals surface area (Å²) in [6.07, 6.45) is 0. The minimum Gasteiger partial charge on any atom is -0.339 e. The van der Waals surface area contributed by atoms with Gasteiger partial charge in [0.1, 0.15) is 11.9 Å². The van der Waals surface area contributed by atoms with Crippen molar-refractivity contribution in [1.29, 1.82) is 0 Å². The zero-order valence-electron chi connectivity index (χ0n) is 13.7. The van der Waals surface area contributed by atoms with Crippen molar-refractivity contribution in [1.82, 2.24) is 16.2 Å². The van der Waals surface area contributed by atoms with E-state index in [1.807, 2.05) is 0 Å². The van der Waals surface area contributed by atoms with Gasteiger partial charge in [0.25, 0.3) is 17.7 Å². The molecule has 1 atom stereocenters. The van der Waals surface area contributed by atoms with Gasteiger partial charge in [0.2, 0.25) is 0 Å². The Labute approximate surface area is 148 Å². The minimum atomic E-state index is -0.851. The SMILES string of the molecule is CC(C)C(NC(=O)c1cccs1)C(=O)NNC(=O)c1ccccc1F. The number of amides is 3. The number of hydrogen-bond acceptors (Lipinski definition) is 4. The summed E-state index contributed by atoms with van der Waals surface area (Å²) in [5, 5.41) is 4.39. The number of halogens is 1. The van der Waals surface area contributed by atoms with Crippen LogP contribution in [0, 0.1) is 11.7 Å². The van der Waals surface area contributed by atoms with Crippen LogP contribution in [0.3, 0.4) is 0 Å². The lowest BCUT2D eigenvalue weighted by Gasteiger charge is -2.21. The van der Waals surface area contributed by atoms with Crippen LogP contribution in [0.5, 0.6) is 0 Å². The van der Waals surface area contributed by atoms with E-state index >= 15 is 0 Å². The molecule has 2 aromatic rings. The van der Waals surface area contributed by atoms with Crippen molar-refractivity contribution in [3.05, 3.63) is 58.0 Å². The zero-order chi connectivity index (χ0) is 18.4. The second kappa shape index (κ2) is 8.39. The van der Waals surface area contributed by atoms with E-state index < -0.39 is 23.7 Å². The summed E-state index contributed by atoms with van der Waals surface area (Å²) >= 11 is 1.26. The van der Waals surface area contributed by atoms with Crippen LogP contribution >= 0.6 is 11.3 Å². The summed E-state index contributed by atoms with van der Waals surface area (Å²) in [6, 6.07) is 7.95. The van der Waals surface area contributed by atoms with Crippen LogP contribution in [-0.2, 0) is 4.79 Å². The third-order valence-corrected chi connectivity index (χ3v) is 4.27. The highest BCUT2D eigenvalue weighted by Gasteiger charge is 2.25. The van der Waals surface area contributed by atoms with Crippen molar-refractivity contribution in [3.63, 3.8) is 0 Å². The second-order valence-electron chi connectivity index (χ2n) is 5.60. The van der Waals surface area contributed by atoms with Crippen molar-refractivity contribution < 1.29 is 18.8 Å². The fraction of sp³-hybridized carbons (Fsp3) is 0.235. The van der Waals surface area contributed by atoms with E-state index in [4.69, 9.17) is 0 Å². The highest BCUT2D eigenvalue weighted by Crippen LogP contribution is 2.10. The molecule has 132 valence electrons. The van der Waals surface area contributed by atoms with Crippen LogP contribution < -0.4 is 16.2 Å². The van der Waals surface area contributed by atoms with Gasteiger partial charge in [-0.3, -0.25) is 25.2 Å². The second-order valence-corrected chi connectivity index (χ2v) is 6.54. The predicted octanol–water partition coefficient (Wildman–Crippen LogP) is 2.10. The Morgan fingerprint density at radius 2 is 1.72 bits per heavy atom. The lowest BCUT2D eigenvalue weighted by atomic mass is 10.0. The molecular weight excluding hydrogens is 345 g/mol. The van der Waals surface area contributed by atoms with Crippen molar-refractivity contribution in [2.45, 2.75) is 19.9 Å². The maximum absolute atomic E-state index is 13.6. The molecule has 1 unspecified atom stereocenters. The number of hydrogen-bond donors (Lipinski definition) is 3. The summed E-state index contributed by atoms with van der Waals surface area (Å²) in [7, 11) is 0. The molecular formula is C17H18FN3O3S. The topological polar surface area (TPSA) is 87.3 Å². The van der Waals surface area contributed by atoms with Gasteiger partial charge in [0.15, 0.2) is 0 Å². The molecule has 2 rings (SSSR count). The van der Waals surface area contributed by atoms with Crippen molar-refractivity contribution >= 4 is 29.1 Å². The van der Waals surface area contributed by atoms with Gasteiger partial charge in [-0.05, 0) is 29.5 Å². The highest BCUT2D eigenvalue weighted by molar-refractivity contribution is 7.12. The third kappa shape index (κ3) is 4.87. The maximum Gasteiger partial charge on any atom is 0.272 e. The van der Waals surface area contributed by atoms with Crippen LogP contribution in [0.15, 0.2) is 41.8 Å². The van der Waals surface area contributed by atoms with E-state index in [1.165, 1.54) is 29.5 Å². The standard InChI is InChI=1S/C17H18FN3O3S/c1-10(2)14(19-16(23)13-8-5-9-25-13)17(24)21-20-15(22)11-6-3-4-7-12(11)18/h3-10,14H,1-2H3,(H,19,23)(H,20,22)(H,21,24). The van der Waals surface area contributed by atoms with E-state index in [0.717, 1.165) is 6.07 Å². The van der Waals surface area contributed by atoms with Gasteiger partial charge in [-0.2, -0.15) is 0 Å². The van der Waals surface area contributed by atoms with Gasteiger partial charge < -0.3 is 5.32 Å². The average Bonchev–Trinajstić information content (AvgIpc) is 3.12. The molecule has 0 saturated carbocycles. The lowest BCUT2D eigenvalue weighted by molar-refractivity contribution is -0.124. The van der Waals surface area contributed by atoms with Gasteiger partial charge in [0.05, 0.1) is 10.4 Å². The molecule has 25 heavy (non-hydrogen) atoms. The highest BCUT2D eigenvalue weighted by atomic mass is 32.1. The van der Waals surface area contributed by atoms with Crippen LogP contribution in [0.1, 0.15) is 33.9 Å². The average molecular weight is 363 g/mol. The Morgan fingerprint density at radius 3 is 2.32 bits per heavy atom. The first kappa shape index (κ1) is 18.6. The first-order valence-corrected chi connectivity index (χ1v) is 8.47. The van der Waals surface area contributed by atoms with Gasteiger partial charge in [-0.25, -0.2) is 4.39 Å². The molecule has 0 fully saturated rings. The Bertz CT molecular complexity index is 762. The van der Waals surface area contributed by atoms with Gasteiger partial charge in [-0.15, -0.1) is 11.3 Å². The Morgan fingerprint density at radius 1 is 1.00 bits per heavy atom. The molecule has 3 amide bonds. The number of benzene rings is 1. The van der Waals surface area contributed by atoms with E-state index in [9.17, 15) is 18.8 Å². The smallest absolute Gasteiger partial charge is 0.272 e. The number of carbonyl (C=O) groups is 3. The summed E-state index contributed by atoms with van der Waals surface area (Å²) < 4.78 is 13.6. The van der Waals surface area contributed by atoms with E-state index in [-0.39, 0.29) is 17.4 Å². The molecule has 1 aromatic heterocycles. The number of nitrogens with one attached hydrogen (secondary N) is 3. The van der Waals surface area contributed by atoms with Gasteiger partial charge in [-0.1, -0.05) is 32.0 Å². The van der Waals surface area contributed by atoms with Crippen LogP contribution in [0.2, 0.25) is 0 Å². The number of rotatable bonds is 5. The largest absolute Gasteiger partial charge is 0.339 e. The van der Waals surface area contributed by atoms with E-state index in [0.29, 0.717) is 4.88 Å². The fourth-order valence-corrected chi connectivity index (χ4v) is 2.69. The summed E-state index contributed by atoms with van der Waals surface area (Å²) in [4.78, 5) is 36.8. The molecule has 6 nitrogen and oxygen atoms in total. The molecule has 0 aliphatic rings. The van der Waals surface area contributed by atoms with Crippen LogP contribution in [0.4, 0.5) is 4.39 Å². The summed E-state index contributed by atoms with van der Waals surface area (Å²) in [5.74, 6) is -2.65. The van der Waals surface area contributed by atoms with Crippen molar-refractivity contribution in [2.75, 3.05) is 0 Å². The molecule has 0 aliphatic heterocycles. The number of carbonyl (C=O) groups excluding carboxylic acids is 3. The molecule has 0 aliphatic carbocycles. The van der Waals surface area contributed by atoms with Crippen LogP contribution in [0.25, 0.3) is 0 Å². The summed E-state index contributed by atoms with van der Waals surface area (Å²) in [6.45, 7) is 3.52. The molecule has 1 heterocycles. The molecule has 0 radical (unpaired) electrons. The monoisotopic (exact) mass is 363 g/mol. The molecule has 0 bridgehead atoms. The quantitative estimate of drug-likeness (QED) is 0.711. The third-order valence-electron chi connectivity index (χ3n) is 3.40. The van der Waals surface area contributed by atoms with Gasteiger partial charge in [0, 0.05) is 0 Å². The van der Waals surface area contributed by atoms with Crippen molar-refractivity contribution in [2.24, 2.45) is 5.92 Å². The molecule has 3 N–H and O–H groups in total. The first-order valence-electron chi connectivity index (χ1n) is 7.59. The molecule has 8 heteroatoms. The van der Waals surface area contributed by atoms with Crippen LogP contribution in [-0.4, -0.2) is 23.8 Å². The number of thiophene rings is 1. The van der Waals surface area contributed by atoms with Crippen molar-refractivity contribution in [3.8, 4) is 0 Å². The number of hydrazine groups is 1. The normalized spacial score (nSPS) is 11.7. The Hall–Kier alpha value is -2.74. The maximum atomic E-state index is 13.6. The first-order chi connectivity index (χ1) is 11.9. The molecule has 1 aromatic carbocycles. The minimum absolute atomic E-state index is 0.188. The Kier molecular flexibility index (Phi) is 6.24. The molecule has 0 saturated heterocycles. The predicted molar refractivity (Wildman–Crippen MR) is 92.4 cm³/mol. The van der Waals surface area contributed by atoms with E-state index in [2.05, 4.69) is 16.2 Å². The Balaban J connectivity index is 1.97. The van der Waals surface area contributed by atoms with E-state index in [1.54, 1.807) is 31.4 Å². The molecule has 0 spiro atoms. The lowest BCUT2D eigenvalue weighted by Crippen LogP contribution is -2.54. The van der Waals surface area contributed by atoms with Gasteiger partial charge >= 0.3 is 0 Å². The fourth-order valence-electron chi connectivity index (χ4n) is 2.06. The summed E-state index contributed by atoms with van der Waals surface area (Å²) in [5.41, 5.74) is 4.19.